The fourth-order valence-corrected chi connectivity index (χ4v) is 1.53. The molecule has 6 nitrogen and oxygen atoms in total. The lowest BCUT2D eigenvalue weighted by molar-refractivity contribution is -0.385. The first-order chi connectivity index (χ1) is 9.08. The number of pyridine rings is 1. The van der Waals surface area contributed by atoms with Crippen molar-refractivity contribution in [2.75, 3.05) is 0 Å². The molecule has 2 rings (SSSR count). The third-order valence-corrected chi connectivity index (χ3v) is 2.56. The second kappa shape index (κ2) is 5.45. The summed E-state index contributed by atoms with van der Waals surface area (Å²) in [6.07, 6.45) is 1.59. The monoisotopic (exact) mass is 259 g/mol. The van der Waals surface area contributed by atoms with Crippen molar-refractivity contribution in [1.29, 1.82) is 0 Å². The van der Waals surface area contributed by atoms with Gasteiger partial charge in [0.15, 0.2) is 0 Å². The predicted octanol–water partition coefficient (Wildman–Crippen LogP) is 2.80. The highest BCUT2D eigenvalue weighted by Gasteiger charge is 2.14. The number of hydrogen-bond acceptors (Lipinski definition) is 5. The molecule has 0 aliphatic rings. The maximum atomic E-state index is 10.8. The summed E-state index contributed by atoms with van der Waals surface area (Å²) >= 11 is 0. The number of rotatable bonds is 4. The van der Waals surface area contributed by atoms with Crippen molar-refractivity contribution in [2.45, 2.75) is 13.0 Å². The van der Waals surface area contributed by atoms with Crippen LogP contribution in [0.1, 0.15) is 18.5 Å². The van der Waals surface area contributed by atoms with E-state index in [1.165, 1.54) is 12.1 Å². The highest BCUT2D eigenvalue weighted by atomic mass is 16.6. The molecule has 1 atom stereocenters. The molecule has 0 aliphatic heterocycles. The lowest BCUT2D eigenvalue weighted by atomic mass is 10.2. The highest BCUT2D eigenvalue weighted by molar-refractivity contribution is 5.47. The van der Waals surface area contributed by atoms with Crippen LogP contribution in [-0.4, -0.2) is 9.91 Å². The van der Waals surface area contributed by atoms with Gasteiger partial charge in [0.1, 0.15) is 0 Å². The third kappa shape index (κ3) is 3.05. The standard InChI is InChI=1S/C13H13N3O3/c1-9(14)10-6-7-13(15-8-10)19-12-5-3-2-4-11(12)16(17)18/h2-9H,14H2,1H3. The van der Waals surface area contributed by atoms with Gasteiger partial charge in [-0.2, -0.15) is 0 Å². The van der Waals surface area contributed by atoms with E-state index in [4.69, 9.17) is 10.5 Å². The molecule has 0 saturated carbocycles. The Morgan fingerprint density at radius 2 is 2.05 bits per heavy atom. The Hall–Kier alpha value is -2.47. The molecule has 2 aromatic rings. The summed E-state index contributed by atoms with van der Waals surface area (Å²) in [5, 5.41) is 10.8. The van der Waals surface area contributed by atoms with E-state index < -0.39 is 4.92 Å². The molecule has 0 amide bonds. The van der Waals surface area contributed by atoms with Crippen molar-refractivity contribution in [3.63, 3.8) is 0 Å². The molecule has 1 aromatic heterocycles. The molecule has 0 bridgehead atoms. The van der Waals surface area contributed by atoms with Crippen LogP contribution in [-0.2, 0) is 0 Å². The van der Waals surface area contributed by atoms with Gasteiger partial charge in [-0.15, -0.1) is 0 Å². The first-order valence-corrected chi connectivity index (χ1v) is 5.70. The fraction of sp³-hybridized carbons (Fsp3) is 0.154. The van der Waals surface area contributed by atoms with Gasteiger partial charge < -0.3 is 10.5 Å². The second-order valence-electron chi connectivity index (χ2n) is 4.05. The Labute approximate surface area is 110 Å². The van der Waals surface area contributed by atoms with Gasteiger partial charge in [-0.3, -0.25) is 10.1 Å². The number of nitro groups is 1. The van der Waals surface area contributed by atoms with Crippen molar-refractivity contribution < 1.29 is 9.66 Å². The minimum Gasteiger partial charge on any atom is -0.432 e. The minimum absolute atomic E-state index is 0.0967. The molecule has 19 heavy (non-hydrogen) atoms. The number of para-hydroxylation sites is 2. The summed E-state index contributed by atoms with van der Waals surface area (Å²) < 4.78 is 5.41. The van der Waals surface area contributed by atoms with Crippen molar-refractivity contribution in [3.05, 3.63) is 58.3 Å². The number of nitro benzene ring substituents is 1. The molecular formula is C13H13N3O3. The summed E-state index contributed by atoms with van der Waals surface area (Å²) in [6, 6.07) is 9.45. The zero-order valence-electron chi connectivity index (χ0n) is 10.3. The van der Waals surface area contributed by atoms with Gasteiger partial charge in [0.2, 0.25) is 11.6 Å². The SMILES string of the molecule is CC(N)c1ccc(Oc2ccccc2[N+](=O)[O-])nc1. The lowest BCUT2D eigenvalue weighted by Crippen LogP contribution is -2.05. The summed E-state index contributed by atoms with van der Waals surface area (Å²) in [5.41, 5.74) is 6.48. The van der Waals surface area contributed by atoms with E-state index in [0.717, 1.165) is 5.56 Å². The Balaban J connectivity index is 2.24. The van der Waals surface area contributed by atoms with E-state index >= 15 is 0 Å². The summed E-state index contributed by atoms with van der Waals surface area (Å²) in [5.74, 6) is 0.451. The van der Waals surface area contributed by atoms with Crippen molar-refractivity contribution in [2.24, 2.45) is 5.73 Å². The fourth-order valence-electron chi connectivity index (χ4n) is 1.53. The maximum Gasteiger partial charge on any atom is 0.311 e. The lowest BCUT2D eigenvalue weighted by Gasteiger charge is -2.07. The van der Waals surface area contributed by atoms with Gasteiger partial charge in [0.05, 0.1) is 4.92 Å². The molecule has 6 heteroatoms. The topological polar surface area (TPSA) is 91.3 Å². The Kier molecular flexibility index (Phi) is 3.72. The van der Waals surface area contributed by atoms with Gasteiger partial charge >= 0.3 is 5.69 Å². The highest BCUT2D eigenvalue weighted by Crippen LogP contribution is 2.29. The van der Waals surface area contributed by atoms with Crippen LogP contribution in [0.25, 0.3) is 0 Å². The maximum absolute atomic E-state index is 10.8. The van der Waals surface area contributed by atoms with Crippen molar-refractivity contribution in [1.82, 2.24) is 4.98 Å². The van der Waals surface area contributed by atoms with Gasteiger partial charge in [0.25, 0.3) is 0 Å². The molecule has 0 spiro atoms. The third-order valence-electron chi connectivity index (χ3n) is 2.56. The van der Waals surface area contributed by atoms with E-state index in [1.54, 1.807) is 30.5 Å². The van der Waals surface area contributed by atoms with E-state index in [1.807, 2.05) is 6.92 Å². The largest absolute Gasteiger partial charge is 0.432 e. The van der Waals surface area contributed by atoms with Gasteiger partial charge in [-0.1, -0.05) is 18.2 Å². The number of nitrogens with two attached hydrogens (primary N) is 1. The van der Waals surface area contributed by atoms with E-state index in [0.29, 0.717) is 5.88 Å². The molecule has 0 saturated heterocycles. The molecule has 1 unspecified atom stereocenters. The first-order valence-electron chi connectivity index (χ1n) is 5.70. The summed E-state index contributed by atoms with van der Waals surface area (Å²) in [6.45, 7) is 1.85. The molecule has 1 aromatic carbocycles. The number of benzene rings is 1. The zero-order chi connectivity index (χ0) is 13.8. The molecular weight excluding hydrogens is 246 g/mol. The minimum atomic E-state index is -0.494. The van der Waals surface area contributed by atoms with Crippen LogP contribution in [0.4, 0.5) is 5.69 Å². The average molecular weight is 259 g/mol. The van der Waals surface area contributed by atoms with E-state index in [9.17, 15) is 10.1 Å². The van der Waals surface area contributed by atoms with Crippen molar-refractivity contribution in [3.8, 4) is 11.6 Å². The zero-order valence-corrected chi connectivity index (χ0v) is 10.3. The van der Waals surface area contributed by atoms with Crippen LogP contribution in [0.2, 0.25) is 0 Å². The molecule has 1 heterocycles. The summed E-state index contributed by atoms with van der Waals surface area (Å²) in [4.78, 5) is 14.4. The Morgan fingerprint density at radius 3 is 2.63 bits per heavy atom. The van der Waals surface area contributed by atoms with Gasteiger partial charge in [-0.25, -0.2) is 4.98 Å². The molecule has 98 valence electrons. The van der Waals surface area contributed by atoms with Crippen LogP contribution in [0.5, 0.6) is 11.6 Å². The van der Waals surface area contributed by atoms with Crippen LogP contribution in [0.3, 0.4) is 0 Å². The predicted molar refractivity (Wildman–Crippen MR) is 70.0 cm³/mol. The number of hydrogen-bond donors (Lipinski definition) is 1. The van der Waals surface area contributed by atoms with Gasteiger partial charge in [0, 0.05) is 24.4 Å². The van der Waals surface area contributed by atoms with Crippen LogP contribution >= 0.6 is 0 Å². The quantitative estimate of drug-likeness (QED) is 0.673. The van der Waals surface area contributed by atoms with Crippen LogP contribution < -0.4 is 10.5 Å². The average Bonchev–Trinajstić information content (AvgIpc) is 2.39. The van der Waals surface area contributed by atoms with E-state index in [2.05, 4.69) is 4.98 Å². The number of aromatic nitrogens is 1. The first kappa shape index (κ1) is 13.0. The van der Waals surface area contributed by atoms with E-state index in [-0.39, 0.29) is 17.5 Å². The number of nitrogens with zero attached hydrogens (tertiary/aromatic N) is 2. The molecule has 0 fully saturated rings. The normalized spacial score (nSPS) is 11.9. The number of ether oxygens (including phenoxy) is 1. The Morgan fingerprint density at radius 1 is 1.32 bits per heavy atom. The molecule has 0 radical (unpaired) electrons. The van der Waals surface area contributed by atoms with Crippen molar-refractivity contribution >= 4 is 5.69 Å². The van der Waals surface area contributed by atoms with Crippen LogP contribution in [0.15, 0.2) is 42.6 Å². The molecule has 2 N–H and O–H groups in total. The Bertz CT molecular complexity index is 582. The molecule has 0 aliphatic carbocycles. The smallest absolute Gasteiger partial charge is 0.311 e. The second-order valence-corrected chi connectivity index (χ2v) is 4.05. The van der Waals surface area contributed by atoms with Crippen LogP contribution in [0, 0.1) is 10.1 Å². The summed E-state index contributed by atoms with van der Waals surface area (Å²) in [7, 11) is 0. The van der Waals surface area contributed by atoms with Gasteiger partial charge in [-0.05, 0) is 18.6 Å².